The Morgan fingerprint density at radius 1 is 1.12 bits per heavy atom. The summed E-state index contributed by atoms with van der Waals surface area (Å²) in [6, 6.07) is 5.35. The Balaban J connectivity index is 1.56. The Hall–Kier alpha value is -2.64. The van der Waals surface area contributed by atoms with Gasteiger partial charge in [0.2, 0.25) is 17.4 Å². The Labute approximate surface area is 151 Å². The van der Waals surface area contributed by atoms with Crippen molar-refractivity contribution in [3.05, 3.63) is 34.5 Å². The first kappa shape index (κ1) is 16.8. The fourth-order valence-corrected chi connectivity index (χ4v) is 4.13. The molecule has 2 aromatic rings. The van der Waals surface area contributed by atoms with Crippen LogP contribution < -0.4 is 4.90 Å². The van der Waals surface area contributed by atoms with E-state index >= 15 is 0 Å². The standard InChI is InChI=1S/C18H23N5O3/c24-18(14-6-1-2-7-14)21-10-5-9-20(12-13-21)16-17(23(25)26)22-11-4-3-8-15(22)19-16/h3-4,8,11,14H,1-2,5-7,9-10,12-13H2. The van der Waals surface area contributed by atoms with E-state index in [1.807, 2.05) is 15.9 Å². The van der Waals surface area contributed by atoms with Gasteiger partial charge in [-0.15, -0.1) is 0 Å². The second-order valence-corrected chi connectivity index (χ2v) is 7.09. The minimum Gasteiger partial charge on any atom is -0.358 e. The Bertz CT molecular complexity index is 827. The molecule has 1 aliphatic heterocycles. The number of hydrogen-bond acceptors (Lipinski definition) is 5. The Kier molecular flexibility index (Phi) is 4.48. The molecule has 0 atom stereocenters. The lowest BCUT2D eigenvalue weighted by atomic mass is 10.1. The molecule has 2 aliphatic rings. The van der Waals surface area contributed by atoms with E-state index < -0.39 is 0 Å². The van der Waals surface area contributed by atoms with E-state index in [9.17, 15) is 14.9 Å². The summed E-state index contributed by atoms with van der Waals surface area (Å²) >= 11 is 0. The molecule has 1 aliphatic carbocycles. The molecule has 8 nitrogen and oxygen atoms in total. The number of carbonyl (C=O) groups excluding carboxylic acids is 1. The molecule has 4 rings (SSSR count). The van der Waals surface area contributed by atoms with Crippen molar-refractivity contribution in [1.82, 2.24) is 14.3 Å². The molecular weight excluding hydrogens is 334 g/mol. The lowest BCUT2D eigenvalue weighted by Gasteiger charge is -2.24. The molecule has 0 bridgehead atoms. The average molecular weight is 357 g/mol. The summed E-state index contributed by atoms with van der Waals surface area (Å²) in [4.78, 5) is 32.3. The van der Waals surface area contributed by atoms with Gasteiger partial charge in [0.1, 0.15) is 0 Å². The van der Waals surface area contributed by atoms with Gasteiger partial charge >= 0.3 is 5.82 Å². The van der Waals surface area contributed by atoms with Crippen LogP contribution in [0.3, 0.4) is 0 Å². The molecule has 0 aromatic carbocycles. The Morgan fingerprint density at radius 3 is 2.69 bits per heavy atom. The van der Waals surface area contributed by atoms with Crippen LogP contribution in [0.25, 0.3) is 5.65 Å². The highest BCUT2D eigenvalue weighted by molar-refractivity contribution is 5.79. The third-order valence-corrected chi connectivity index (χ3v) is 5.47. The zero-order valence-corrected chi connectivity index (χ0v) is 14.7. The van der Waals surface area contributed by atoms with Crippen molar-refractivity contribution in [1.29, 1.82) is 0 Å². The minimum atomic E-state index is -0.373. The van der Waals surface area contributed by atoms with Crippen LogP contribution >= 0.6 is 0 Å². The topological polar surface area (TPSA) is 84.0 Å². The third kappa shape index (κ3) is 3.00. The van der Waals surface area contributed by atoms with Crippen molar-refractivity contribution < 1.29 is 9.72 Å². The van der Waals surface area contributed by atoms with E-state index in [2.05, 4.69) is 4.98 Å². The molecule has 26 heavy (non-hydrogen) atoms. The van der Waals surface area contributed by atoms with Crippen molar-refractivity contribution in [2.24, 2.45) is 5.92 Å². The van der Waals surface area contributed by atoms with Gasteiger partial charge in [-0.25, -0.2) is 0 Å². The van der Waals surface area contributed by atoms with Crippen molar-refractivity contribution in [3.63, 3.8) is 0 Å². The van der Waals surface area contributed by atoms with Gasteiger partial charge < -0.3 is 19.9 Å². The fraction of sp³-hybridized carbons (Fsp3) is 0.556. The molecule has 2 fully saturated rings. The van der Waals surface area contributed by atoms with Crippen molar-refractivity contribution in [2.45, 2.75) is 32.1 Å². The van der Waals surface area contributed by atoms with Gasteiger partial charge in [-0.1, -0.05) is 18.9 Å². The number of carbonyl (C=O) groups is 1. The SMILES string of the molecule is O=C(C1CCCC1)N1CCCN(c2nc3ccccn3c2[N+](=O)[O-])CC1. The van der Waals surface area contributed by atoms with Gasteiger partial charge in [-0.3, -0.25) is 4.79 Å². The predicted octanol–water partition coefficient (Wildman–Crippen LogP) is 2.47. The quantitative estimate of drug-likeness (QED) is 0.622. The smallest absolute Gasteiger partial charge is 0.358 e. The summed E-state index contributed by atoms with van der Waals surface area (Å²) in [5.41, 5.74) is 0.567. The number of anilines is 1. The van der Waals surface area contributed by atoms with Gasteiger partial charge in [0, 0.05) is 38.2 Å². The summed E-state index contributed by atoms with van der Waals surface area (Å²) in [6.45, 7) is 2.55. The van der Waals surface area contributed by atoms with Gasteiger partial charge in [-0.2, -0.15) is 9.38 Å². The first-order valence-corrected chi connectivity index (χ1v) is 9.30. The first-order chi connectivity index (χ1) is 12.6. The van der Waals surface area contributed by atoms with Crippen molar-refractivity contribution in [3.8, 4) is 0 Å². The number of aromatic nitrogens is 2. The molecule has 0 N–H and O–H groups in total. The maximum Gasteiger partial charge on any atom is 0.372 e. The molecule has 2 aromatic heterocycles. The molecule has 0 unspecified atom stereocenters. The number of fused-ring (bicyclic) bond motifs is 1. The number of rotatable bonds is 3. The number of hydrogen-bond donors (Lipinski definition) is 0. The maximum atomic E-state index is 12.7. The molecular formula is C18H23N5O3. The van der Waals surface area contributed by atoms with Gasteiger partial charge in [-0.05, 0) is 30.3 Å². The zero-order chi connectivity index (χ0) is 18.1. The van der Waals surface area contributed by atoms with E-state index in [0.29, 0.717) is 37.6 Å². The van der Waals surface area contributed by atoms with Crippen LogP contribution in [0, 0.1) is 16.0 Å². The van der Waals surface area contributed by atoms with Crippen LogP contribution in [0.4, 0.5) is 11.6 Å². The van der Waals surface area contributed by atoms with E-state index in [4.69, 9.17) is 0 Å². The first-order valence-electron chi connectivity index (χ1n) is 9.30. The molecule has 3 heterocycles. The average Bonchev–Trinajstić information content (AvgIpc) is 3.23. The molecule has 138 valence electrons. The molecule has 1 saturated carbocycles. The molecule has 1 saturated heterocycles. The van der Waals surface area contributed by atoms with E-state index in [1.165, 1.54) is 4.40 Å². The summed E-state index contributed by atoms with van der Waals surface area (Å²) < 4.78 is 1.52. The second-order valence-electron chi connectivity index (χ2n) is 7.09. The molecule has 0 spiro atoms. The lowest BCUT2D eigenvalue weighted by molar-refractivity contribution is -0.389. The van der Waals surface area contributed by atoms with Crippen molar-refractivity contribution in [2.75, 3.05) is 31.1 Å². The lowest BCUT2D eigenvalue weighted by Crippen LogP contribution is -2.38. The van der Waals surface area contributed by atoms with Crippen molar-refractivity contribution >= 4 is 23.2 Å². The highest BCUT2D eigenvalue weighted by Gasteiger charge is 2.31. The van der Waals surface area contributed by atoms with E-state index in [-0.39, 0.29) is 22.6 Å². The predicted molar refractivity (Wildman–Crippen MR) is 97.2 cm³/mol. The van der Waals surface area contributed by atoms with E-state index in [1.54, 1.807) is 18.3 Å². The molecule has 8 heteroatoms. The van der Waals surface area contributed by atoms with Crippen LogP contribution in [0.15, 0.2) is 24.4 Å². The van der Waals surface area contributed by atoms with Crippen LogP contribution in [-0.4, -0.2) is 51.3 Å². The van der Waals surface area contributed by atoms with Gasteiger partial charge in [0.05, 0.1) is 6.20 Å². The monoisotopic (exact) mass is 357 g/mol. The van der Waals surface area contributed by atoms with Crippen LogP contribution in [0.1, 0.15) is 32.1 Å². The Morgan fingerprint density at radius 2 is 1.92 bits per heavy atom. The highest BCUT2D eigenvalue weighted by atomic mass is 16.6. The number of amides is 1. The summed E-state index contributed by atoms with van der Waals surface area (Å²) in [6.07, 6.45) is 6.74. The van der Waals surface area contributed by atoms with E-state index in [0.717, 1.165) is 32.1 Å². The molecule has 0 radical (unpaired) electrons. The summed E-state index contributed by atoms with van der Waals surface area (Å²) in [5, 5.41) is 11.6. The largest absolute Gasteiger partial charge is 0.372 e. The zero-order valence-electron chi connectivity index (χ0n) is 14.7. The number of pyridine rings is 1. The molecule has 1 amide bonds. The van der Waals surface area contributed by atoms with Crippen LogP contribution in [0.5, 0.6) is 0 Å². The maximum absolute atomic E-state index is 12.7. The number of nitro groups is 1. The highest BCUT2D eigenvalue weighted by Crippen LogP contribution is 2.30. The normalized spacial score (nSPS) is 19.1. The number of nitrogens with zero attached hydrogens (tertiary/aromatic N) is 5. The minimum absolute atomic E-state index is 0.00355. The number of imidazole rings is 1. The summed E-state index contributed by atoms with van der Waals surface area (Å²) in [5.74, 6) is 0.826. The fourth-order valence-electron chi connectivity index (χ4n) is 4.13. The van der Waals surface area contributed by atoms with Crippen LogP contribution in [0.2, 0.25) is 0 Å². The third-order valence-electron chi connectivity index (χ3n) is 5.47. The second kappa shape index (κ2) is 6.93. The van der Waals surface area contributed by atoms with Crippen LogP contribution in [-0.2, 0) is 4.79 Å². The van der Waals surface area contributed by atoms with Gasteiger partial charge in [0.15, 0.2) is 0 Å². The van der Waals surface area contributed by atoms with Gasteiger partial charge in [0.25, 0.3) is 0 Å². The summed E-state index contributed by atoms with van der Waals surface area (Å²) in [7, 11) is 0.